The smallest absolute Gasteiger partial charge is 0.331 e. The van der Waals surface area contributed by atoms with Crippen molar-refractivity contribution >= 4 is 29.2 Å². The van der Waals surface area contributed by atoms with Gasteiger partial charge in [-0.1, -0.05) is 30.3 Å². The van der Waals surface area contributed by atoms with Gasteiger partial charge >= 0.3 is 5.97 Å². The highest BCUT2D eigenvalue weighted by Crippen LogP contribution is 2.27. The first-order valence-corrected chi connectivity index (χ1v) is 10.8. The van der Waals surface area contributed by atoms with E-state index in [0.717, 1.165) is 5.56 Å². The van der Waals surface area contributed by atoms with Crippen LogP contribution in [0.25, 0.3) is 0 Å². The van der Waals surface area contributed by atoms with E-state index in [9.17, 15) is 14.4 Å². The normalized spacial score (nSPS) is 15.6. The zero-order valence-electron chi connectivity index (χ0n) is 19.7. The van der Waals surface area contributed by atoms with Gasteiger partial charge in [0.2, 0.25) is 0 Å². The fourth-order valence-electron chi connectivity index (χ4n) is 3.48. The molecule has 1 atom stereocenters. The minimum Gasteiger partial charge on any atom is -0.458 e. The predicted molar refractivity (Wildman–Crippen MR) is 127 cm³/mol. The molecule has 2 aromatic carbocycles. The molecule has 0 fully saturated rings. The summed E-state index contributed by atoms with van der Waals surface area (Å²) in [6.45, 7) is 5.77. The van der Waals surface area contributed by atoms with Gasteiger partial charge in [0, 0.05) is 32.6 Å². The zero-order valence-corrected chi connectivity index (χ0v) is 19.7. The van der Waals surface area contributed by atoms with Crippen LogP contribution in [-0.4, -0.2) is 54.1 Å². The van der Waals surface area contributed by atoms with E-state index >= 15 is 0 Å². The number of ether oxygens (including phenoxy) is 1. The summed E-state index contributed by atoms with van der Waals surface area (Å²) < 4.78 is 5.59. The standard InChI is InChI=1S/C25H30N4O4/c1-25(2,3)33-24(32)21-15-20(27-29(21)19-9-7-6-8-10-19)23(31)28(5)16-17-11-13-18(14-12-17)22(30)26-4/h6-14,21H,15-16H2,1-5H3,(H,26,30)/t21-/m1/s1. The lowest BCUT2D eigenvalue weighted by atomic mass is 10.1. The second-order valence-corrected chi connectivity index (χ2v) is 8.92. The Kier molecular flexibility index (Phi) is 7.16. The van der Waals surface area contributed by atoms with E-state index in [2.05, 4.69) is 10.4 Å². The minimum absolute atomic E-state index is 0.155. The number of esters is 1. The minimum atomic E-state index is -0.717. The monoisotopic (exact) mass is 450 g/mol. The first-order valence-electron chi connectivity index (χ1n) is 10.8. The quantitative estimate of drug-likeness (QED) is 0.684. The molecule has 0 saturated carbocycles. The third-order valence-electron chi connectivity index (χ3n) is 5.07. The maximum Gasteiger partial charge on any atom is 0.331 e. The third-order valence-corrected chi connectivity index (χ3v) is 5.07. The van der Waals surface area contributed by atoms with Crippen molar-refractivity contribution in [3.05, 3.63) is 65.7 Å². The molecule has 0 aliphatic carbocycles. The number of carbonyl (C=O) groups is 3. The summed E-state index contributed by atoms with van der Waals surface area (Å²) >= 11 is 0. The van der Waals surface area contributed by atoms with Gasteiger partial charge in [-0.3, -0.25) is 14.6 Å². The summed E-state index contributed by atoms with van der Waals surface area (Å²) in [5.41, 5.74) is 1.78. The van der Waals surface area contributed by atoms with E-state index in [1.54, 1.807) is 36.1 Å². The van der Waals surface area contributed by atoms with E-state index in [0.29, 0.717) is 23.5 Å². The molecule has 1 aliphatic rings. The molecule has 2 aromatic rings. The molecule has 174 valence electrons. The summed E-state index contributed by atoms with van der Waals surface area (Å²) in [7, 11) is 3.26. The van der Waals surface area contributed by atoms with Gasteiger partial charge in [-0.25, -0.2) is 4.79 Å². The SMILES string of the molecule is CNC(=O)c1ccc(CN(C)C(=O)C2=NN(c3ccccc3)[C@@H](C(=O)OC(C)(C)C)C2)cc1. The van der Waals surface area contributed by atoms with Crippen LogP contribution in [0, 0.1) is 0 Å². The van der Waals surface area contributed by atoms with Gasteiger partial charge in [-0.05, 0) is 50.6 Å². The summed E-state index contributed by atoms with van der Waals surface area (Å²) in [5, 5.41) is 8.65. The number of hydrogen-bond donors (Lipinski definition) is 1. The van der Waals surface area contributed by atoms with Crippen LogP contribution in [0.3, 0.4) is 0 Å². The largest absolute Gasteiger partial charge is 0.458 e. The topological polar surface area (TPSA) is 91.3 Å². The van der Waals surface area contributed by atoms with Crippen molar-refractivity contribution in [2.24, 2.45) is 5.10 Å². The highest BCUT2D eigenvalue weighted by atomic mass is 16.6. The average Bonchev–Trinajstić information content (AvgIpc) is 3.23. The lowest BCUT2D eigenvalue weighted by Gasteiger charge is -2.26. The highest BCUT2D eigenvalue weighted by Gasteiger charge is 2.39. The van der Waals surface area contributed by atoms with Gasteiger partial charge < -0.3 is 15.0 Å². The number of amides is 2. The van der Waals surface area contributed by atoms with E-state index in [-0.39, 0.29) is 18.2 Å². The predicted octanol–water partition coefficient (Wildman–Crippen LogP) is 2.98. The number of para-hydroxylation sites is 1. The Balaban J connectivity index is 1.77. The molecule has 0 bridgehead atoms. The van der Waals surface area contributed by atoms with Crippen molar-refractivity contribution in [1.82, 2.24) is 10.2 Å². The molecule has 1 aliphatic heterocycles. The Morgan fingerprint density at radius 1 is 1.09 bits per heavy atom. The molecule has 0 aromatic heterocycles. The average molecular weight is 451 g/mol. The number of hydrazone groups is 1. The number of nitrogens with zero attached hydrogens (tertiary/aromatic N) is 3. The van der Waals surface area contributed by atoms with Crippen LogP contribution in [0.2, 0.25) is 0 Å². The number of anilines is 1. The lowest BCUT2D eigenvalue weighted by Crippen LogP contribution is -2.40. The first-order chi connectivity index (χ1) is 15.6. The van der Waals surface area contributed by atoms with Gasteiger partial charge in [0.15, 0.2) is 6.04 Å². The molecule has 3 rings (SSSR count). The maximum absolute atomic E-state index is 13.2. The van der Waals surface area contributed by atoms with Crippen LogP contribution in [0.1, 0.15) is 43.1 Å². The Morgan fingerprint density at radius 2 is 1.73 bits per heavy atom. The summed E-state index contributed by atoms with van der Waals surface area (Å²) in [4.78, 5) is 39.3. The maximum atomic E-state index is 13.2. The Labute approximate surface area is 194 Å². The summed E-state index contributed by atoms with van der Waals surface area (Å²) in [5.74, 6) is -0.858. The van der Waals surface area contributed by atoms with E-state index in [1.165, 1.54) is 0 Å². The Morgan fingerprint density at radius 3 is 2.30 bits per heavy atom. The number of benzene rings is 2. The molecule has 2 amide bonds. The summed E-state index contributed by atoms with van der Waals surface area (Å²) in [6, 6.07) is 15.6. The molecule has 1 N–H and O–H groups in total. The van der Waals surface area contributed by atoms with Crippen molar-refractivity contribution in [2.45, 2.75) is 45.4 Å². The van der Waals surface area contributed by atoms with Crippen LogP contribution in [0.5, 0.6) is 0 Å². The van der Waals surface area contributed by atoms with Crippen molar-refractivity contribution in [3.63, 3.8) is 0 Å². The van der Waals surface area contributed by atoms with Crippen LogP contribution in [0.15, 0.2) is 59.7 Å². The Hall–Kier alpha value is -3.68. The second kappa shape index (κ2) is 9.85. The molecule has 8 nitrogen and oxygen atoms in total. The summed E-state index contributed by atoms with van der Waals surface area (Å²) in [6.07, 6.45) is 0.155. The number of carbonyl (C=O) groups excluding carboxylic acids is 3. The van der Waals surface area contributed by atoms with Crippen LogP contribution in [0.4, 0.5) is 5.69 Å². The Bertz CT molecular complexity index is 1040. The van der Waals surface area contributed by atoms with Gasteiger partial charge in [-0.15, -0.1) is 0 Å². The third kappa shape index (κ3) is 5.97. The fraction of sp³-hybridized carbons (Fsp3) is 0.360. The number of hydrogen-bond acceptors (Lipinski definition) is 6. The molecule has 0 radical (unpaired) electrons. The number of nitrogens with one attached hydrogen (secondary N) is 1. The molecule has 1 heterocycles. The van der Waals surface area contributed by atoms with E-state index in [4.69, 9.17) is 4.74 Å². The van der Waals surface area contributed by atoms with Crippen LogP contribution >= 0.6 is 0 Å². The van der Waals surface area contributed by atoms with E-state index < -0.39 is 17.6 Å². The number of rotatable bonds is 6. The molecule has 0 unspecified atom stereocenters. The van der Waals surface area contributed by atoms with E-state index in [1.807, 2.05) is 63.2 Å². The van der Waals surface area contributed by atoms with Gasteiger partial charge in [0.05, 0.1) is 5.69 Å². The van der Waals surface area contributed by atoms with Crippen LogP contribution < -0.4 is 10.3 Å². The van der Waals surface area contributed by atoms with Crippen LogP contribution in [-0.2, 0) is 20.9 Å². The van der Waals surface area contributed by atoms with Crippen molar-refractivity contribution in [3.8, 4) is 0 Å². The van der Waals surface area contributed by atoms with Gasteiger partial charge in [0.1, 0.15) is 11.3 Å². The second-order valence-electron chi connectivity index (χ2n) is 8.92. The molecule has 0 spiro atoms. The van der Waals surface area contributed by atoms with Gasteiger partial charge in [-0.2, -0.15) is 5.10 Å². The molecular formula is C25H30N4O4. The lowest BCUT2D eigenvalue weighted by molar-refractivity contribution is -0.156. The van der Waals surface area contributed by atoms with Crippen molar-refractivity contribution < 1.29 is 19.1 Å². The molecule has 0 saturated heterocycles. The van der Waals surface area contributed by atoms with Crippen molar-refractivity contribution in [2.75, 3.05) is 19.1 Å². The molecule has 33 heavy (non-hydrogen) atoms. The molecule has 8 heteroatoms. The van der Waals surface area contributed by atoms with Crippen molar-refractivity contribution in [1.29, 1.82) is 0 Å². The molecular weight excluding hydrogens is 420 g/mol. The highest BCUT2D eigenvalue weighted by molar-refractivity contribution is 6.40. The van der Waals surface area contributed by atoms with Gasteiger partial charge in [0.25, 0.3) is 11.8 Å². The zero-order chi connectivity index (χ0) is 24.2. The fourth-order valence-corrected chi connectivity index (χ4v) is 3.48. The first kappa shape index (κ1) is 24.0.